The predicted molar refractivity (Wildman–Crippen MR) is 140 cm³/mol. The second kappa shape index (κ2) is 9.04. The maximum absolute atomic E-state index is 13.0. The van der Waals surface area contributed by atoms with Crippen LogP contribution in [0.25, 0.3) is 20.2 Å². The first-order chi connectivity index (χ1) is 16.4. The third-order valence-electron chi connectivity index (χ3n) is 5.30. The van der Waals surface area contributed by atoms with Gasteiger partial charge in [-0.2, -0.15) is 0 Å². The molecule has 3 aromatic carbocycles. The summed E-state index contributed by atoms with van der Waals surface area (Å²) in [6.45, 7) is 3.72. The van der Waals surface area contributed by atoms with Crippen molar-refractivity contribution in [2.45, 2.75) is 13.8 Å². The van der Waals surface area contributed by atoms with Crippen LogP contribution in [-0.2, 0) is 0 Å². The first kappa shape index (κ1) is 22.9. The van der Waals surface area contributed by atoms with Crippen molar-refractivity contribution in [1.29, 1.82) is 0 Å². The molecule has 34 heavy (non-hydrogen) atoms. The molecule has 0 aliphatic carbocycles. The lowest BCUT2D eigenvalue weighted by Crippen LogP contribution is -2.10. The lowest BCUT2D eigenvalue weighted by Gasteiger charge is -2.13. The largest absolute Gasteiger partial charge is 0.421 e. The van der Waals surface area contributed by atoms with E-state index in [2.05, 4.69) is 0 Å². The number of thiophene rings is 2. The average molecular weight is 527 g/mol. The van der Waals surface area contributed by atoms with E-state index < -0.39 is 11.9 Å². The number of hydrogen-bond donors (Lipinski definition) is 0. The zero-order valence-electron chi connectivity index (χ0n) is 18.0. The third kappa shape index (κ3) is 3.87. The van der Waals surface area contributed by atoms with Crippen molar-refractivity contribution in [3.8, 4) is 11.5 Å². The average Bonchev–Trinajstić information content (AvgIpc) is 3.32. The summed E-state index contributed by atoms with van der Waals surface area (Å²) < 4.78 is 13.0. The highest BCUT2D eigenvalue weighted by atomic mass is 35.5. The minimum atomic E-state index is -0.515. The van der Waals surface area contributed by atoms with E-state index in [0.717, 1.165) is 9.75 Å². The molecule has 5 rings (SSSR count). The Morgan fingerprint density at radius 1 is 0.647 bits per heavy atom. The molecular weight excluding hydrogens is 511 g/mol. The van der Waals surface area contributed by atoms with Gasteiger partial charge in [0.2, 0.25) is 0 Å². The van der Waals surface area contributed by atoms with Crippen molar-refractivity contribution in [1.82, 2.24) is 0 Å². The summed E-state index contributed by atoms with van der Waals surface area (Å²) >= 11 is 16.1. The highest BCUT2D eigenvalue weighted by Gasteiger charge is 2.29. The highest BCUT2D eigenvalue weighted by Crippen LogP contribution is 2.55. The Hall–Kier alpha value is -2.90. The van der Waals surface area contributed by atoms with Gasteiger partial charge in [0.1, 0.15) is 0 Å². The van der Waals surface area contributed by atoms with E-state index in [0.29, 0.717) is 52.8 Å². The fourth-order valence-corrected chi connectivity index (χ4v) is 6.41. The first-order valence-electron chi connectivity index (χ1n) is 10.2. The number of carbonyl (C=O) groups is 2. The molecule has 0 atom stereocenters. The van der Waals surface area contributed by atoms with Gasteiger partial charge >= 0.3 is 11.9 Å². The molecule has 2 heterocycles. The molecule has 0 unspecified atom stereocenters. The van der Waals surface area contributed by atoms with Crippen LogP contribution in [0, 0.1) is 13.8 Å². The van der Waals surface area contributed by atoms with Crippen molar-refractivity contribution >= 4 is 78.0 Å². The molecule has 170 valence electrons. The van der Waals surface area contributed by atoms with E-state index in [-0.39, 0.29) is 0 Å². The Kier molecular flexibility index (Phi) is 6.08. The van der Waals surface area contributed by atoms with E-state index in [1.54, 1.807) is 48.5 Å². The Bertz CT molecular complexity index is 1450. The standard InChI is InChI=1S/C26H16Cl2O4S2/c1-13-19(27)17-21(31-25(29)15-9-5-3-6-10-15)24-18(20(28)14(2)34-24)22(23(17)33-13)32-26(30)16-11-7-4-8-12-16/h3-12H,1-2H3. The van der Waals surface area contributed by atoms with E-state index in [4.69, 9.17) is 32.7 Å². The highest BCUT2D eigenvalue weighted by molar-refractivity contribution is 7.22. The number of halogens is 2. The molecule has 0 amide bonds. The number of fused-ring (bicyclic) bond motifs is 2. The Labute approximate surface area is 213 Å². The van der Waals surface area contributed by atoms with Crippen molar-refractivity contribution in [3.63, 3.8) is 0 Å². The number of benzene rings is 3. The zero-order valence-corrected chi connectivity index (χ0v) is 21.1. The molecule has 4 nitrogen and oxygen atoms in total. The first-order valence-corrected chi connectivity index (χ1v) is 12.6. The van der Waals surface area contributed by atoms with Crippen molar-refractivity contribution in [2.75, 3.05) is 0 Å². The van der Waals surface area contributed by atoms with Gasteiger partial charge in [-0.05, 0) is 38.1 Å². The second-order valence-electron chi connectivity index (χ2n) is 7.52. The summed E-state index contributed by atoms with van der Waals surface area (Å²) in [6.07, 6.45) is 0. The fraction of sp³-hybridized carbons (Fsp3) is 0.0769. The van der Waals surface area contributed by atoms with Gasteiger partial charge < -0.3 is 9.47 Å². The number of carbonyl (C=O) groups excluding carboxylic acids is 2. The summed E-state index contributed by atoms with van der Waals surface area (Å²) in [7, 11) is 0. The molecule has 0 aliphatic heterocycles. The van der Waals surface area contributed by atoms with Crippen LogP contribution in [0.15, 0.2) is 60.7 Å². The van der Waals surface area contributed by atoms with Gasteiger partial charge in [0.15, 0.2) is 11.5 Å². The summed E-state index contributed by atoms with van der Waals surface area (Å²) in [5, 5.41) is 1.93. The zero-order chi connectivity index (χ0) is 24.0. The van der Waals surface area contributed by atoms with Crippen molar-refractivity contribution in [3.05, 3.63) is 91.6 Å². The monoisotopic (exact) mass is 526 g/mol. The summed E-state index contributed by atoms with van der Waals surface area (Å²) in [4.78, 5) is 27.6. The molecule has 0 bridgehead atoms. The molecule has 0 radical (unpaired) electrons. The van der Waals surface area contributed by atoms with Crippen LogP contribution < -0.4 is 9.47 Å². The fourth-order valence-electron chi connectivity index (χ4n) is 3.65. The van der Waals surface area contributed by atoms with Gasteiger partial charge in [-0.15, -0.1) is 22.7 Å². The number of esters is 2. The van der Waals surface area contributed by atoms with Gasteiger partial charge in [0.25, 0.3) is 0 Å². The SMILES string of the molecule is Cc1sc2c(OC(=O)c3ccccc3)c3c(Cl)c(C)sc3c(OC(=O)c3ccccc3)c2c1Cl. The molecule has 8 heteroatoms. The van der Waals surface area contributed by atoms with E-state index in [1.807, 2.05) is 26.0 Å². The number of rotatable bonds is 4. The van der Waals surface area contributed by atoms with Crippen LogP contribution in [0.4, 0.5) is 0 Å². The van der Waals surface area contributed by atoms with Crippen LogP contribution in [0.1, 0.15) is 30.5 Å². The normalized spacial score (nSPS) is 11.2. The molecule has 0 N–H and O–H groups in total. The molecule has 0 aliphatic rings. The van der Waals surface area contributed by atoms with E-state index in [9.17, 15) is 9.59 Å². The number of aryl methyl sites for hydroxylation is 2. The van der Waals surface area contributed by atoms with Gasteiger partial charge in [-0.25, -0.2) is 9.59 Å². The topological polar surface area (TPSA) is 52.6 Å². The van der Waals surface area contributed by atoms with Crippen molar-refractivity contribution in [2.24, 2.45) is 0 Å². The molecule has 0 saturated heterocycles. The minimum Gasteiger partial charge on any atom is -0.421 e. The predicted octanol–water partition coefficient (Wildman–Crippen LogP) is 8.48. The van der Waals surface area contributed by atoms with Gasteiger partial charge in [0, 0.05) is 9.75 Å². The maximum Gasteiger partial charge on any atom is 0.343 e. The molecule has 0 saturated carbocycles. The van der Waals surface area contributed by atoms with Crippen LogP contribution in [0.3, 0.4) is 0 Å². The second-order valence-corrected chi connectivity index (χ2v) is 10.7. The van der Waals surface area contributed by atoms with Crippen molar-refractivity contribution < 1.29 is 19.1 Å². The van der Waals surface area contributed by atoms with Crippen LogP contribution in [0.5, 0.6) is 11.5 Å². The van der Waals surface area contributed by atoms with Gasteiger partial charge in [0.05, 0.1) is 41.3 Å². The molecule has 0 spiro atoms. The Balaban J connectivity index is 1.75. The molecule has 5 aromatic rings. The lowest BCUT2D eigenvalue weighted by molar-refractivity contribution is 0.0727. The Morgan fingerprint density at radius 2 is 1.00 bits per heavy atom. The smallest absolute Gasteiger partial charge is 0.343 e. The number of hydrogen-bond acceptors (Lipinski definition) is 6. The van der Waals surface area contributed by atoms with Gasteiger partial charge in [-0.3, -0.25) is 0 Å². The lowest BCUT2D eigenvalue weighted by atomic mass is 10.1. The molecule has 0 fully saturated rings. The summed E-state index contributed by atoms with van der Waals surface area (Å²) in [6, 6.07) is 17.4. The summed E-state index contributed by atoms with van der Waals surface area (Å²) in [5.41, 5.74) is 0.816. The molecular formula is C26H16Cl2O4S2. The van der Waals surface area contributed by atoms with Crippen LogP contribution in [0.2, 0.25) is 10.0 Å². The summed E-state index contributed by atoms with van der Waals surface area (Å²) in [5.74, 6) is -0.404. The Morgan fingerprint density at radius 3 is 1.35 bits per heavy atom. The minimum absolute atomic E-state index is 0.313. The van der Waals surface area contributed by atoms with Gasteiger partial charge in [-0.1, -0.05) is 59.6 Å². The number of ether oxygens (including phenoxy) is 2. The van der Waals surface area contributed by atoms with Crippen LogP contribution in [-0.4, -0.2) is 11.9 Å². The quantitative estimate of drug-likeness (QED) is 0.174. The van der Waals surface area contributed by atoms with E-state index >= 15 is 0 Å². The third-order valence-corrected chi connectivity index (χ3v) is 8.67. The van der Waals surface area contributed by atoms with Crippen LogP contribution >= 0.6 is 45.9 Å². The van der Waals surface area contributed by atoms with E-state index in [1.165, 1.54) is 22.7 Å². The maximum atomic E-state index is 13.0. The molecule has 2 aromatic heterocycles.